The first-order valence-corrected chi connectivity index (χ1v) is 6.08. The van der Waals surface area contributed by atoms with Gasteiger partial charge in [0, 0.05) is 11.8 Å². The van der Waals surface area contributed by atoms with Crippen LogP contribution >= 0.6 is 0 Å². The Morgan fingerprint density at radius 3 is 2.80 bits per heavy atom. The van der Waals surface area contributed by atoms with Gasteiger partial charge in [0.25, 0.3) is 0 Å². The number of ether oxygens (including phenoxy) is 1. The van der Waals surface area contributed by atoms with E-state index >= 15 is 0 Å². The number of rotatable bonds is 6. The first kappa shape index (κ1) is 13.9. The molecule has 2 N–H and O–H groups in total. The smallest absolute Gasteiger partial charge is 0.371 e. The number of carboxylic acid groups (broad SMARTS) is 1. The summed E-state index contributed by atoms with van der Waals surface area (Å²) in [6, 6.07) is 7.45. The predicted octanol–water partition coefficient (Wildman–Crippen LogP) is 3.13. The van der Waals surface area contributed by atoms with Gasteiger partial charge in [-0.2, -0.15) is 0 Å². The van der Waals surface area contributed by atoms with E-state index in [0.29, 0.717) is 18.1 Å². The maximum atomic E-state index is 13.6. The summed E-state index contributed by atoms with van der Waals surface area (Å²) in [5.41, 5.74) is 0.555. The number of carbonyl (C=O) groups is 1. The summed E-state index contributed by atoms with van der Waals surface area (Å²) >= 11 is 0. The van der Waals surface area contributed by atoms with Crippen LogP contribution in [0.5, 0.6) is 5.75 Å². The third-order valence-electron chi connectivity index (χ3n) is 2.57. The molecule has 0 saturated carbocycles. The average Bonchev–Trinajstić information content (AvgIpc) is 2.88. The summed E-state index contributed by atoms with van der Waals surface area (Å²) in [5.74, 6) is -1.05. The molecule has 0 unspecified atom stereocenters. The molecule has 0 atom stereocenters. The van der Waals surface area contributed by atoms with Crippen LogP contribution in [-0.2, 0) is 6.54 Å². The Morgan fingerprint density at radius 1 is 1.40 bits per heavy atom. The van der Waals surface area contributed by atoms with Crippen molar-refractivity contribution in [3.05, 3.63) is 47.7 Å². The molecule has 5 nitrogen and oxygen atoms in total. The second-order valence-corrected chi connectivity index (χ2v) is 4.00. The van der Waals surface area contributed by atoms with Crippen molar-refractivity contribution >= 4 is 11.7 Å². The molecule has 0 aliphatic rings. The number of halogens is 1. The van der Waals surface area contributed by atoms with Crippen LogP contribution in [0.15, 0.2) is 34.7 Å². The normalized spacial score (nSPS) is 10.3. The monoisotopic (exact) mass is 279 g/mol. The van der Waals surface area contributed by atoms with Gasteiger partial charge in [0.15, 0.2) is 11.6 Å². The van der Waals surface area contributed by atoms with Crippen LogP contribution in [0, 0.1) is 5.82 Å². The summed E-state index contributed by atoms with van der Waals surface area (Å²) in [6.45, 7) is 2.44. The van der Waals surface area contributed by atoms with E-state index in [4.69, 9.17) is 14.3 Å². The number of carboxylic acids is 1. The Balaban J connectivity index is 1.99. The standard InChI is InChI=1S/C14H14FNO4/c1-2-19-12-5-3-9(7-11(12)15)16-8-10-4-6-13(20-10)14(17)18/h3-7,16H,2,8H2,1H3,(H,17,18). The van der Waals surface area contributed by atoms with Crippen molar-refractivity contribution < 1.29 is 23.4 Å². The highest BCUT2D eigenvalue weighted by Crippen LogP contribution is 2.21. The number of nitrogens with one attached hydrogen (secondary N) is 1. The van der Waals surface area contributed by atoms with E-state index in [9.17, 15) is 9.18 Å². The second-order valence-electron chi connectivity index (χ2n) is 4.00. The number of hydrogen-bond acceptors (Lipinski definition) is 4. The van der Waals surface area contributed by atoms with Crippen molar-refractivity contribution in [1.82, 2.24) is 0 Å². The van der Waals surface area contributed by atoms with Gasteiger partial charge in [-0.15, -0.1) is 0 Å². The average molecular weight is 279 g/mol. The molecule has 2 aromatic rings. The summed E-state index contributed by atoms with van der Waals surface area (Å²) in [5, 5.41) is 11.7. The summed E-state index contributed by atoms with van der Waals surface area (Å²) < 4.78 is 23.8. The lowest BCUT2D eigenvalue weighted by molar-refractivity contribution is 0.0660. The molecule has 0 bridgehead atoms. The molecule has 1 heterocycles. The Bertz CT molecular complexity index is 609. The van der Waals surface area contributed by atoms with E-state index < -0.39 is 11.8 Å². The van der Waals surface area contributed by atoms with Gasteiger partial charge in [-0.1, -0.05) is 0 Å². The molecule has 1 aromatic heterocycles. The third kappa shape index (κ3) is 3.28. The maximum absolute atomic E-state index is 13.6. The van der Waals surface area contributed by atoms with E-state index in [2.05, 4.69) is 5.32 Å². The maximum Gasteiger partial charge on any atom is 0.371 e. The molecule has 0 aliphatic heterocycles. The van der Waals surface area contributed by atoms with E-state index in [1.165, 1.54) is 18.2 Å². The fourth-order valence-corrected chi connectivity index (χ4v) is 1.66. The molecule has 0 aliphatic carbocycles. The predicted molar refractivity (Wildman–Crippen MR) is 70.6 cm³/mol. The van der Waals surface area contributed by atoms with Gasteiger partial charge < -0.3 is 19.6 Å². The van der Waals surface area contributed by atoms with Gasteiger partial charge in [-0.05, 0) is 31.2 Å². The molecule has 106 valence electrons. The molecule has 20 heavy (non-hydrogen) atoms. The van der Waals surface area contributed by atoms with Gasteiger partial charge >= 0.3 is 5.97 Å². The van der Waals surface area contributed by atoms with Crippen molar-refractivity contribution in [2.45, 2.75) is 13.5 Å². The third-order valence-corrected chi connectivity index (χ3v) is 2.57. The van der Waals surface area contributed by atoms with Crippen LogP contribution in [0.2, 0.25) is 0 Å². The molecule has 2 rings (SSSR count). The van der Waals surface area contributed by atoms with E-state index in [-0.39, 0.29) is 18.1 Å². The molecule has 0 saturated heterocycles. The van der Waals surface area contributed by atoms with Crippen molar-refractivity contribution in [2.75, 3.05) is 11.9 Å². The number of benzene rings is 1. The van der Waals surface area contributed by atoms with Gasteiger partial charge in [-0.25, -0.2) is 9.18 Å². The Morgan fingerprint density at radius 2 is 2.20 bits per heavy atom. The Labute approximate surface area is 115 Å². The molecule has 0 spiro atoms. The lowest BCUT2D eigenvalue weighted by Crippen LogP contribution is -2.00. The van der Waals surface area contributed by atoms with Gasteiger partial charge in [0.05, 0.1) is 13.2 Å². The fourth-order valence-electron chi connectivity index (χ4n) is 1.66. The molecular weight excluding hydrogens is 265 g/mol. The summed E-state index contributed by atoms with van der Waals surface area (Å²) in [7, 11) is 0. The first-order valence-electron chi connectivity index (χ1n) is 6.08. The Kier molecular flexibility index (Phi) is 4.24. The second kappa shape index (κ2) is 6.10. The lowest BCUT2D eigenvalue weighted by atomic mass is 10.3. The molecular formula is C14H14FNO4. The minimum atomic E-state index is -1.12. The highest BCUT2D eigenvalue weighted by molar-refractivity contribution is 5.84. The largest absolute Gasteiger partial charge is 0.491 e. The summed E-state index contributed by atoms with van der Waals surface area (Å²) in [4.78, 5) is 10.7. The zero-order chi connectivity index (χ0) is 14.5. The zero-order valence-corrected chi connectivity index (χ0v) is 10.9. The van der Waals surface area contributed by atoms with Gasteiger partial charge in [0.1, 0.15) is 5.76 Å². The number of hydrogen-bond donors (Lipinski definition) is 2. The van der Waals surface area contributed by atoms with Gasteiger partial charge in [0.2, 0.25) is 5.76 Å². The van der Waals surface area contributed by atoms with E-state index in [1.807, 2.05) is 0 Å². The molecule has 0 amide bonds. The summed E-state index contributed by atoms with van der Waals surface area (Å²) in [6.07, 6.45) is 0. The van der Waals surface area contributed by atoms with Crippen LogP contribution < -0.4 is 10.1 Å². The van der Waals surface area contributed by atoms with Crippen molar-refractivity contribution in [2.24, 2.45) is 0 Å². The Hall–Kier alpha value is -2.50. The quantitative estimate of drug-likeness (QED) is 0.850. The number of furan rings is 1. The van der Waals surface area contributed by atoms with Crippen LogP contribution in [0.3, 0.4) is 0 Å². The van der Waals surface area contributed by atoms with Gasteiger partial charge in [-0.3, -0.25) is 0 Å². The lowest BCUT2D eigenvalue weighted by Gasteiger charge is -2.08. The molecule has 0 radical (unpaired) electrons. The van der Waals surface area contributed by atoms with Crippen LogP contribution in [0.1, 0.15) is 23.2 Å². The van der Waals surface area contributed by atoms with E-state index in [1.54, 1.807) is 19.1 Å². The van der Waals surface area contributed by atoms with Crippen molar-refractivity contribution in [3.63, 3.8) is 0 Å². The van der Waals surface area contributed by atoms with Crippen LogP contribution in [-0.4, -0.2) is 17.7 Å². The number of aromatic carboxylic acids is 1. The minimum Gasteiger partial charge on any atom is -0.491 e. The first-order chi connectivity index (χ1) is 9.60. The van der Waals surface area contributed by atoms with Crippen molar-refractivity contribution in [1.29, 1.82) is 0 Å². The molecule has 0 fully saturated rings. The van der Waals surface area contributed by atoms with E-state index in [0.717, 1.165) is 0 Å². The van der Waals surface area contributed by atoms with Crippen LogP contribution in [0.4, 0.5) is 10.1 Å². The molecule has 1 aromatic carbocycles. The zero-order valence-electron chi connectivity index (χ0n) is 10.9. The SMILES string of the molecule is CCOc1ccc(NCc2ccc(C(=O)O)o2)cc1F. The van der Waals surface area contributed by atoms with Crippen LogP contribution in [0.25, 0.3) is 0 Å². The molecule has 6 heteroatoms. The van der Waals surface area contributed by atoms with Crippen molar-refractivity contribution in [3.8, 4) is 5.75 Å². The highest BCUT2D eigenvalue weighted by Gasteiger charge is 2.09. The fraction of sp³-hybridized carbons (Fsp3) is 0.214. The topological polar surface area (TPSA) is 71.7 Å². The minimum absolute atomic E-state index is 0.125. The highest BCUT2D eigenvalue weighted by atomic mass is 19.1. The number of anilines is 1.